The molecule has 0 saturated carbocycles. The van der Waals surface area contributed by atoms with Crippen LogP contribution >= 0.6 is 0 Å². The number of carbonyl (C=O) groups excluding carboxylic acids is 1. The number of rotatable bonds is 3. The van der Waals surface area contributed by atoms with Crippen LogP contribution in [0.2, 0.25) is 0 Å². The standard InChI is InChI=1S/C12H20N4O/c1-10(13)11-4-2-6-15(8-11)12(17)9-16-7-3-5-14-16/h3,5,7,10-11H,2,4,6,8-9,13H2,1H3. The zero-order chi connectivity index (χ0) is 12.3. The molecule has 94 valence electrons. The molecule has 2 rings (SSSR count). The number of hydrogen-bond acceptors (Lipinski definition) is 3. The van der Waals surface area contributed by atoms with Gasteiger partial charge in [0.05, 0.1) is 0 Å². The van der Waals surface area contributed by atoms with Crippen molar-refractivity contribution in [3.05, 3.63) is 18.5 Å². The van der Waals surface area contributed by atoms with Gasteiger partial charge in [0.15, 0.2) is 0 Å². The van der Waals surface area contributed by atoms with Crippen LogP contribution in [-0.2, 0) is 11.3 Å². The van der Waals surface area contributed by atoms with Gasteiger partial charge in [0.2, 0.25) is 5.91 Å². The number of likely N-dealkylation sites (tertiary alicyclic amines) is 1. The highest BCUT2D eigenvalue weighted by Crippen LogP contribution is 2.18. The van der Waals surface area contributed by atoms with Crippen molar-refractivity contribution < 1.29 is 4.79 Å². The van der Waals surface area contributed by atoms with Gasteiger partial charge >= 0.3 is 0 Å². The first kappa shape index (κ1) is 12.1. The Hall–Kier alpha value is -1.36. The molecule has 5 nitrogen and oxygen atoms in total. The second-order valence-electron chi connectivity index (χ2n) is 4.80. The molecule has 0 aromatic carbocycles. The van der Waals surface area contributed by atoms with E-state index >= 15 is 0 Å². The second-order valence-corrected chi connectivity index (χ2v) is 4.80. The maximum Gasteiger partial charge on any atom is 0.244 e. The van der Waals surface area contributed by atoms with Crippen LogP contribution in [0.3, 0.4) is 0 Å². The summed E-state index contributed by atoms with van der Waals surface area (Å²) in [5.74, 6) is 0.573. The van der Waals surface area contributed by atoms with Crippen molar-refractivity contribution in [1.82, 2.24) is 14.7 Å². The maximum atomic E-state index is 12.1. The number of amides is 1. The van der Waals surface area contributed by atoms with Gasteiger partial charge in [-0.25, -0.2) is 0 Å². The summed E-state index contributed by atoms with van der Waals surface area (Å²) >= 11 is 0. The van der Waals surface area contributed by atoms with E-state index in [0.29, 0.717) is 12.5 Å². The summed E-state index contributed by atoms with van der Waals surface area (Å²) in [6.07, 6.45) is 5.68. The van der Waals surface area contributed by atoms with Crippen LogP contribution in [0.5, 0.6) is 0 Å². The van der Waals surface area contributed by atoms with Crippen molar-refractivity contribution in [1.29, 1.82) is 0 Å². The molecule has 0 bridgehead atoms. The molecule has 2 atom stereocenters. The normalized spacial score (nSPS) is 22.5. The zero-order valence-electron chi connectivity index (χ0n) is 10.2. The first-order valence-electron chi connectivity index (χ1n) is 6.17. The second kappa shape index (κ2) is 5.31. The van der Waals surface area contributed by atoms with Crippen molar-refractivity contribution in [3.63, 3.8) is 0 Å². The molecular formula is C12H20N4O. The van der Waals surface area contributed by atoms with Crippen LogP contribution in [0, 0.1) is 5.92 Å². The molecule has 2 N–H and O–H groups in total. The number of nitrogens with two attached hydrogens (primary N) is 1. The number of piperidine rings is 1. The van der Waals surface area contributed by atoms with Crippen molar-refractivity contribution in [2.75, 3.05) is 13.1 Å². The van der Waals surface area contributed by atoms with E-state index in [4.69, 9.17) is 5.73 Å². The molecule has 0 aliphatic carbocycles. The predicted octanol–water partition coefficient (Wildman–Crippen LogP) is 0.469. The Labute approximate surface area is 102 Å². The smallest absolute Gasteiger partial charge is 0.244 e. The van der Waals surface area contributed by atoms with Gasteiger partial charge < -0.3 is 10.6 Å². The highest BCUT2D eigenvalue weighted by atomic mass is 16.2. The van der Waals surface area contributed by atoms with Crippen molar-refractivity contribution in [2.45, 2.75) is 32.4 Å². The van der Waals surface area contributed by atoms with E-state index in [-0.39, 0.29) is 11.9 Å². The molecule has 1 aromatic heterocycles. The molecule has 1 aliphatic heterocycles. The molecule has 17 heavy (non-hydrogen) atoms. The Morgan fingerprint density at radius 1 is 1.65 bits per heavy atom. The third-order valence-electron chi connectivity index (χ3n) is 3.41. The number of hydrogen-bond donors (Lipinski definition) is 1. The molecule has 1 amide bonds. The van der Waals surface area contributed by atoms with Crippen molar-refractivity contribution >= 4 is 5.91 Å². The highest BCUT2D eigenvalue weighted by molar-refractivity contribution is 5.76. The molecule has 1 fully saturated rings. The van der Waals surface area contributed by atoms with Crippen molar-refractivity contribution in [3.8, 4) is 0 Å². The summed E-state index contributed by atoms with van der Waals surface area (Å²) in [4.78, 5) is 14.0. The van der Waals surface area contributed by atoms with E-state index in [9.17, 15) is 4.79 Å². The minimum atomic E-state index is 0.138. The average Bonchev–Trinajstić information content (AvgIpc) is 2.82. The fourth-order valence-corrected chi connectivity index (χ4v) is 2.30. The van der Waals surface area contributed by atoms with Crippen molar-refractivity contribution in [2.24, 2.45) is 11.7 Å². The molecule has 1 aliphatic rings. The largest absolute Gasteiger partial charge is 0.341 e. The van der Waals surface area contributed by atoms with E-state index < -0.39 is 0 Å². The molecule has 0 spiro atoms. The summed E-state index contributed by atoms with van der Waals surface area (Å²) in [7, 11) is 0. The number of aromatic nitrogens is 2. The Bertz CT molecular complexity index is 361. The van der Waals surface area contributed by atoms with Crippen LogP contribution in [0.15, 0.2) is 18.5 Å². The fraction of sp³-hybridized carbons (Fsp3) is 0.667. The molecule has 5 heteroatoms. The van der Waals surface area contributed by atoms with E-state index in [1.807, 2.05) is 24.1 Å². The molecular weight excluding hydrogens is 216 g/mol. The lowest BCUT2D eigenvalue weighted by molar-refractivity contribution is -0.134. The summed E-state index contributed by atoms with van der Waals surface area (Å²) in [6.45, 7) is 3.99. The Morgan fingerprint density at radius 3 is 3.12 bits per heavy atom. The Kier molecular flexibility index (Phi) is 3.78. The van der Waals surface area contributed by atoms with Crippen LogP contribution in [-0.4, -0.2) is 39.7 Å². The highest BCUT2D eigenvalue weighted by Gasteiger charge is 2.25. The summed E-state index contributed by atoms with van der Waals surface area (Å²) in [5, 5.41) is 4.05. The lowest BCUT2D eigenvalue weighted by Gasteiger charge is -2.34. The van der Waals surface area contributed by atoms with Gasteiger partial charge in [-0.1, -0.05) is 0 Å². The minimum Gasteiger partial charge on any atom is -0.341 e. The topological polar surface area (TPSA) is 64.2 Å². The van der Waals surface area contributed by atoms with Gasteiger partial charge in [-0.2, -0.15) is 5.10 Å². The van der Waals surface area contributed by atoms with Gasteiger partial charge in [-0.3, -0.25) is 9.48 Å². The van der Waals surface area contributed by atoms with Gasteiger partial charge in [0, 0.05) is 31.5 Å². The van der Waals surface area contributed by atoms with Gasteiger partial charge in [0.25, 0.3) is 0 Å². The van der Waals surface area contributed by atoms with E-state index in [2.05, 4.69) is 5.10 Å². The minimum absolute atomic E-state index is 0.138. The van der Waals surface area contributed by atoms with Crippen LogP contribution in [0.25, 0.3) is 0 Å². The quantitative estimate of drug-likeness (QED) is 0.829. The van der Waals surface area contributed by atoms with Gasteiger partial charge in [-0.15, -0.1) is 0 Å². The van der Waals surface area contributed by atoms with Crippen LogP contribution < -0.4 is 5.73 Å². The number of carbonyl (C=O) groups is 1. The summed E-state index contributed by atoms with van der Waals surface area (Å²) in [6, 6.07) is 1.99. The summed E-state index contributed by atoms with van der Waals surface area (Å²) < 4.78 is 1.66. The third kappa shape index (κ3) is 3.06. The first-order chi connectivity index (χ1) is 8.16. The average molecular weight is 236 g/mol. The number of nitrogens with zero attached hydrogens (tertiary/aromatic N) is 3. The third-order valence-corrected chi connectivity index (χ3v) is 3.41. The zero-order valence-corrected chi connectivity index (χ0v) is 10.2. The molecule has 0 radical (unpaired) electrons. The van der Waals surface area contributed by atoms with Crippen LogP contribution in [0.4, 0.5) is 0 Å². The van der Waals surface area contributed by atoms with Gasteiger partial charge in [-0.05, 0) is 31.7 Å². The van der Waals surface area contributed by atoms with E-state index in [1.54, 1.807) is 10.9 Å². The molecule has 1 aromatic rings. The molecule has 2 heterocycles. The van der Waals surface area contributed by atoms with E-state index in [1.165, 1.54) is 0 Å². The lowest BCUT2D eigenvalue weighted by Crippen LogP contribution is -2.46. The monoisotopic (exact) mass is 236 g/mol. The Morgan fingerprint density at radius 2 is 2.47 bits per heavy atom. The SMILES string of the molecule is CC(N)C1CCCN(C(=O)Cn2cccn2)C1. The maximum absolute atomic E-state index is 12.1. The lowest BCUT2D eigenvalue weighted by atomic mass is 9.92. The molecule has 1 saturated heterocycles. The summed E-state index contributed by atoms with van der Waals surface area (Å²) in [5.41, 5.74) is 5.91. The Balaban J connectivity index is 1.91. The first-order valence-corrected chi connectivity index (χ1v) is 6.17. The van der Waals surface area contributed by atoms with Crippen LogP contribution in [0.1, 0.15) is 19.8 Å². The van der Waals surface area contributed by atoms with E-state index in [0.717, 1.165) is 25.9 Å². The van der Waals surface area contributed by atoms with Gasteiger partial charge in [0.1, 0.15) is 6.54 Å². The predicted molar refractivity (Wildman–Crippen MR) is 65.2 cm³/mol. The molecule has 2 unspecified atom stereocenters. The fourth-order valence-electron chi connectivity index (χ4n) is 2.30.